The van der Waals surface area contributed by atoms with Gasteiger partial charge in [0.1, 0.15) is 17.0 Å². The van der Waals surface area contributed by atoms with Gasteiger partial charge < -0.3 is 19.6 Å². The zero-order chi connectivity index (χ0) is 20.2. The molecule has 1 saturated heterocycles. The van der Waals surface area contributed by atoms with Crippen molar-refractivity contribution in [2.45, 2.75) is 32.8 Å². The van der Waals surface area contributed by atoms with Gasteiger partial charge in [0.15, 0.2) is 6.29 Å². The van der Waals surface area contributed by atoms with E-state index in [1.54, 1.807) is 32.9 Å². The van der Waals surface area contributed by atoms with Crippen LogP contribution in [0.1, 0.15) is 37.6 Å². The van der Waals surface area contributed by atoms with E-state index in [1.807, 2.05) is 0 Å². The Morgan fingerprint density at radius 3 is 2.56 bits per heavy atom. The quantitative estimate of drug-likeness (QED) is 0.565. The van der Waals surface area contributed by atoms with Crippen molar-refractivity contribution < 1.29 is 28.7 Å². The number of hydrogen-bond donors (Lipinski definition) is 1. The second-order valence-electron chi connectivity index (χ2n) is 7.00. The van der Waals surface area contributed by atoms with Crippen molar-refractivity contribution in [1.29, 1.82) is 0 Å². The minimum absolute atomic E-state index is 0.00423. The first-order valence-electron chi connectivity index (χ1n) is 8.45. The van der Waals surface area contributed by atoms with Crippen LogP contribution in [0, 0.1) is 5.92 Å². The van der Waals surface area contributed by atoms with Gasteiger partial charge in [-0.3, -0.25) is 4.79 Å². The third kappa shape index (κ3) is 5.20. The van der Waals surface area contributed by atoms with Crippen LogP contribution in [-0.2, 0) is 14.4 Å². The monoisotopic (exact) mass is 442 g/mol. The van der Waals surface area contributed by atoms with Gasteiger partial charge >= 0.3 is 12.1 Å². The fourth-order valence-corrected chi connectivity index (χ4v) is 2.96. The first kappa shape index (κ1) is 21.2. The fourth-order valence-electron chi connectivity index (χ4n) is 2.55. The summed E-state index contributed by atoms with van der Waals surface area (Å²) in [5.74, 6) is -0.805. The van der Waals surface area contributed by atoms with Crippen molar-refractivity contribution in [1.82, 2.24) is 5.32 Å². The molecule has 0 aliphatic carbocycles. The lowest BCUT2D eigenvalue weighted by molar-refractivity contribution is -0.149. The normalized spacial score (nSPS) is 16.6. The molecule has 0 aromatic heterocycles. The SMILES string of the molecule is COc1ccc(Br)c(C=O)c1N(OC(=O)C1CCNC1)C(=O)OC(C)(C)C. The Hall–Kier alpha value is -2.13. The lowest BCUT2D eigenvalue weighted by Gasteiger charge is -2.28. The molecule has 1 amide bonds. The molecule has 1 aromatic rings. The Morgan fingerprint density at radius 2 is 2.04 bits per heavy atom. The average molecular weight is 443 g/mol. The van der Waals surface area contributed by atoms with E-state index in [-0.39, 0.29) is 17.0 Å². The lowest BCUT2D eigenvalue weighted by atomic mass is 10.1. The van der Waals surface area contributed by atoms with Gasteiger partial charge in [-0.05, 0) is 61.8 Å². The number of carbonyl (C=O) groups is 3. The topological polar surface area (TPSA) is 94.2 Å². The molecule has 1 aromatic carbocycles. The Morgan fingerprint density at radius 1 is 1.33 bits per heavy atom. The molecule has 0 saturated carbocycles. The Labute approximate surface area is 166 Å². The maximum absolute atomic E-state index is 12.8. The molecular weight excluding hydrogens is 420 g/mol. The van der Waals surface area contributed by atoms with E-state index < -0.39 is 23.6 Å². The number of benzene rings is 1. The molecule has 1 N–H and O–H groups in total. The number of carbonyl (C=O) groups excluding carboxylic acids is 3. The Balaban J connectivity index is 2.48. The summed E-state index contributed by atoms with van der Waals surface area (Å²) in [5.41, 5.74) is -0.745. The van der Waals surface area contributed by atoms with E-state index in [0.29, 0.717) is 35.3 Å². The zero-order valence-corrected chi connectivity index (χ0v) is 17.3. The summed E-state index contributed by atoms with van der Waals surface area (Å²) in [7, 11) is 1.39. The number of amides is 1. The molecule has 1 aliphatic rings. The van der Waals surface area contributed by atoms with Crippen molar-refractivity contribution in [3.05, 3.63) is 22.2 Å². The zero-order valence-electron chi connectivity index (χ0n) is 15.7. The number of methoxy groups -OCH3 is 1. The lowest BCUT2D eigenvalue weighted by Crippen LogP contribution is -2.40. The molecule has 1 heterocycles. The standard InChI is InChI=1S/C18H23BrN2O6/c1-18(2,3)26-17(24)21(27-16(23)11-7-8-20-9-11)15-12(10-22)13(19)5-6-14(15)25-4/h5-6,10-11,20H,7-9H2,1-4H3. The summed E-state index contributed by atoms with van der Waals surface area (Å²) in [6.45, 7) is 6.20. The van der Waals surface area contributed by atoms with E-state index in [1.165, 1.54) is 7.11 Å². The number of halogens is 1. The number of hydroxylamine groups is 1. The highest BCUT2D eigenvalue weighted by Crippen LogP contribution is 2.37. The van der Waals surface area contributed by atoms with Crippen LogP contribution in [0.4, 0.5) is 10.5 Å². The number of hydrogen-bond acceptors (Lipinski definition) is 7. The van der Waals surface area contributed by atoms with Gasteiger partial charge in [-0.1, -0.05) is 5.06 Å². The fraction of sp³-hybridized carbons (Fsp3) is 0.500. The second-order valence-corrected chi connectivity index (χ2v) is 7.86. The van der Waals surface area contributed by atoms with E-state index in [9.17, 15) is 14.4 Å². The maximum atomic E-state index is 12.8. The first-order chi connectivity index (χ1) is 12.7. The van der Waals surface area contributed by atoms with E-state index in [4.69, 9.17) is 14.3 Å². The molecule has 2 rings (SSSR count). The van der Waals surface area contributed by atoms with Crippen LogP contribution >= 0.6 is 15.9 Å². The van der Waals surface area contributed by atoms with Crippen LogP contribution in [0.2, 0.25) is 0 Å². The molecular formula is C18H23BrN2O6. The van der Waals surface area contributed by atoms with E-state index in [2.05, 4.69) is 21.2 Å². The smallest absolute Gasteiger partial charge is 0.448 e. The first-order valence-corrected chi connectivity index (χ1v) is 9.24. The molecule has 8 nitrogen and oxygen atoms in total. The van der Waals surface area contributed by atoms with Crippen LogP contribution in [0.5, 0.6) is 5.75 Å². The van der Waals surface area contributed by atoms with Gasteiger partial charge in [0.25, 0.3) is 0 Å². The predicted octanol–water partition coefficient (Wildman–Crippen LogP) is 3.08. The molecule has 1 fully saturated rings. The van der Waals surface area contributed by atoms with Gasteiger partial charge in [-0.15, -0.1) is 0 Å². The summed E-state index contributed by atoms with van der Waals surface area (Å²) in [4.78, 5) is 42.4. The van der Waals surface area contributed by atoms with Crippen LogP contribution < -0.4 is 15.1 Å². The summed E-state index contributed by atoms with van der Waals surface area (Å²) in [6.07, 6.45) is 0.211. The van der Waals surface area contributed by atoms with Crippen molar-refractivity contribution >= 4 is 40.0 Å². The van der Waals surface area contributed by atoms with E-state index >= 15 is 0 Å². The highest BCUT2D eigenvalue weighted by Gasteiger charge is 2.35. The molecule has 148 valence electrons. The second kappa shape index (κ2) is 8.71. The third-order valence-corrected chi connectivity index (χ3v) is 4.49. The summed E-state index contributed by atoms with van der Waals surface area (Å²) < 4.78 is 11.1. The Bertz CT molecular complexity index is 725. The summed E-state index contributed by atoms with van der Waals surface area (Å²) in [5, 5.41) is 3.76. The summed E-state index contributed by atoms with van der Waals surface area (Å²) in [6, 6.07) is 3.15. The minimum atomic E-state index is -0.929. The molecule has 0 bridgehead atoms. The van der Waals surface area contributed by atoms with Crippen molar-refractivity contribution in [3.8, 4) is 5.75 Å². The van der Waals surface area contributed by atoms with Gasteiger partial charge in [-0.25, -0.2) is 9.59 Å². The van der Waals surface area contributed by atoms with Gasteiger partial charge in [0, 0.05) is 11.0 Å². The number of aldehydes is 1. The number of ether oxygens (including phenoxy) is 2. The largest absolute Gasteiger partial charge is 0.494 e. The third-order valence-electron chi connectivity index (χ3n) is 3.80. The van der Waals surface area contributed by atoms with Crippen molar-refractivity contribution in [2.24, 2.45) is 5.92 Å². The van der Waals surface area contributed by atoms with Crippen LogP contribution in [0.15, 0.2) is 16.6 Å². The Kier molecular flexibility index (Phi) is 6.83. The predicted molar refractivity (Wildman–Crippen MR) is 102 cm³/mol. The molecule has 1 atom stereocenters. The van der Waals surface area contributed by atoms with E-state index in [0.717, 1.165) is 0 Å². The van der Waals surface area contributed by atoms with Crippen LogP contribution in [0.3, 0.4) is 0 Å². The van der Waals surface area contributed by atoms with Crippen LogP contribution in [-0.4, -0.2) is 44.1 Å². The molecule has 1 aliphatic heterocycles. The highest BCUT2D eigenvalue weighted by atomic mass is 79.9. The van der Waals surface area contributed by atoms with Gasteiger partial charge in [0.05, 0.1) is 18.6 Å². The number of nitrogens with zero attached hydrogens (tertiary/aromatic N) is 1. The van der Waals surface area contributed by atoms with Crippen molar-refractivity contribution in [3.63, 3.8) is 0 Å². The summed E-state index contributed by atoms with van der Waals surface area (Å²) >= 11 is 3.27. The van der Waals surface area contributed by atoms with Crippen molar-refractivity contribution in [2.75, 3.05) is 25.3 Å². The van der Waals surface area contributed by atoms with Gasteiger partial charge in [-0.2, -0.15) is 0 Å². The molecule has 9 heteroatoms. The molecule has 27 heavy (non-hydrogen) atoms. The number of nitrogens with one attached hydrogen (secondary N) is 1. The number of rotatable bonds is 4. The molecule has 0 radical (unpaired) electrons. The average Bonchev–Trinajstić information content (AvgIpc) is 3.12. The highest BCUT2D eigenvalue weighted by molar-refractivity contribution is 9.10. The van der Waals surface area contributed by atoms with Gasteiger partial charge in [0.2, 0.25) is 0 Å². The molecule has 0 spiro atoms. The number of anilines is 1. The maximum Gasteiger partial charge on any atom is 0.448 e. The molecule has 1 unspecified atom stereocenters. The van der Waals surface area contributed by atoms with Crippen LogP contribution in [0.25, 0.3) is 0 Å². The minimum Gasteiger partial charge on any atom is -0.494 e.